The summed E-state index contributed by atoms with van der Waals surface area (Å²) in [4.78, 5) is 29.8. The maximum Gasteiger partial charge on any atom is 0.341 e. The van der Waals surface area contributed by atoms with Crippen LogP contribution < -0.4 is 10.3 Å². The van der Waals surface area contributed by atoms with Gasteiger partial charge in [-0.3, -0.25) is 9.69 Å². The van der Waals surface area contributed by atoms with Crippen LogP contribution in [-0.2, 0) is 0 Å². The smallest absolute Gasteiger partial charge is 0.341 e. The van der Waals surface area contributed by atoms with Crippen LogP contribution in [0, 0.1) is 5.82 Å². The predicted molar refractivity (Wildman–Crippen MR) is 90.4 cm³/mol. The van der Waals surface area contributed by atoms with Crippen LogP contribution in [0.3, 0.4) is 0 Å². The summed E-state index contributed by atoms with van der Waals surface area (Å²) in [5, 5.41) is 20.4. The summed E-state index contributed by atoms with van der Waals surface area (Å²) in [6.45, 7) is 3.05. The van der Waals surface area contributed by atoms with E-state index in [9.17, 15) is 14.0 Å². The number of halogens is 1. The average molecular weight is 348 g/mol. The molecule has 0 unspecified atom stereocenters. The average Bonchev–Trinajstić information content (AvgIpc) is 2.60. The Kier molecular flexibility index (Phi) is 4.66. The minimum Gasteiger partial charge on any atom is -0.477 e. The van der Waals surface area contributed by atoms with Gasteiger partial charge in [-0.25, -0.2) is 9.18 Å². The van der Waals surface area contributed by atoms with Crippen molar-refractivity contribution < 1.29 is 19.5 Å². The number of hydrogen-bond donors (Lipinski definition) is 3. The van der Waals surface area contributed by atoms with Gasteiger partial charge >= 0.3 is 5.97 Å². The lowest BCUT2D eigenvalue weighted by Gasteiger charge is -2.35. The molecule has 1 saturated heterocycles. The van der Waals surface area contributed by atoms with E-state index in [1.54, 1.807) is 0 Å². The van der Waals surface area contributed by atoms with E-state index < -0.39 is 22.8 Å². The number of fused-ring (bicyclic) bond motifs is 1. The Morgan fingerprint density at radius 3 is 2.68 bits per heavy atom. The number of carboxylic acid groups (broad SMARTS) is 1. The van der Waals surface area contributed by atoms with Gasteiger partial charge in [-0.1, -0.05) is 0 Å². The van der Waals surface area contributed by atoms with Crippen LogP contribution in [0.4, 0.5) is 10.1 Å². The summed E-state index contributed by atoms with van der Waals surface area (Å²) >= 11 is 0. The van der Waals surface area contributed by atoms with Crippen molar-refractivity contribution in [1.82, 2.24) is 9.88 Å². The molecule has 0 bridgehead atoms. The summed E-state index contributed by atoms with van der Waals surface area (Å²) in [6.07, 6.45) is 2.53. The van der Waals surface area contributed by atoms with E-state index in [0.717, 1.165) is 12.3 Å². The zero-order valence-electron chi connectivity index (χ0n) is 13.3. The number of rotatable bonds is 4. The molecule has 3 rings (SSSR count). The Hall–Kier alpha value is -2.94. The molecule has 2 heterocycles. The molecule has 0 aliphatic carbocycles. The standard InChI is InChI=1S/C16H17FN4O4/c17-12-7-10-13(18-9-11(15(10)22)16(23)24)8-14(12)21-5-3-20(4-6-21)2-1-19-25/h1,7-9,25H,2-6H2,(H,18,22)(H,23,24). The summed E-state index contributed by atoms with van der Waals surface area (Å²) in [7, 11) is 0. The Morgan fingerprint density at radius 2 is 2.04 bits per heavy atom. The normalized spacial score (nSPS) is 16.0. The molecule has 1 fully saturated rings. The number of anilines is 1. The van der Waals surface area contributed by atoms with Gasteiger partial charge in [-0.15, -0.1) is 5.16 Å². The number of benzene rings is 1. The minimum absolute atomic E-state index is 0.0129. The van der Waals surface area contributed by atoms with Gasteiger partial charge in [0.25, 0.3) is 0 Å². The first-order valence-corrected chi connectivity index (χ1v) is 7.72. The second-order valence-corrected chi connectivity index (χ2v) is 5.77. The molecule has 0 amide bonds. The van der Waals surface area contributed by atoms with Gasteiger partial charge in [0, 0.05) is 44.3 Å². The number of H-pyrrole nitrogens is 1. The number of carbonyl (C=O) groups is 1. The van der Waals surface area contributed by atoms with Crippen molar-refractivity contribution in [3.8, 4) is 0 Å². The van der Waals surface area contributed by atoms with Crippen LogP contribution in [0.2, 0.25) is 0 Å². The molecule has 1 aliphatic heterocycles. The Labute approximate surface area is 141 Å². The first-order valence-electron chi connectivity index (χ1n) is 7.72. The van der Waals surface area contributed by atoms with Crippen molar-refractivity contribution in [2.24, 2.45) is 5.16 Å². The fourth-order valence-electron chi connectivity index (χ4n) is 2.95. The molecule has 1 aliphatic rings. The van der Waals surface area contributed by atoms with E-state index in [1.165, 1.54) is 12.3 Å². The fourth-order valence-corrected chi connectivity index (χ4v) is 2.95. The van der Waals surface area contributed by atoms with Crippen LogP contribution in [0.5, 0.6) is 0 Å². The zero-order chi connectivity index (χ0) is 18.0. The lowest BCUT2D eigenvalue weighted by Crippen LogP contribution is -2.47. The van der Waals surface area contributed by atoms with Crippen LogP contribution in [0.1, 0.15) is 10.4 Å². The van der Waals surface area contributed by atoms with Gasteiger partial charge in [0.15, 0.2) is 0 Å². The molecule has 0 radical (unpaired) electrons. The number of pyridine rings is 1. The number of aromatic amines is 1. The summed E-state index contributed by atoms with van der Waals surface area (Å²) in [5.41, 5.74) is -0.374. The summed E-state index contributed by atoms with van der Waals surface area (Å²) in [5.74, 6) is -1.92. The topological polar surface area (TPSA) is 109 Å². The molecule has 1 aromatic carbocycles. The largest absolute Gasteiger partial charge is 0.477 e. The van der Waals surface area contributed by atoms with Crippen molar-refractivity contribution in [3.63, 3.8) is 0 Å². The van der Waals surface area contributed by atoms with Crippen LogP contribution in [-0.4, -0.2) is 65.1 Å². The van der Waals surface area contributed by atoms with E-state index in [4.69, 9.17) is 10.3 Å². The first-order chi connectivity index (χ1) is 12.0. The fraction of sp³-hybridized carbons (Fsp3) is 0.312. The molecule has 0 saturated carbocycles. The Balaban J connectivity index is 1.89. The van der Waals surface area contributed by atoms with Crippen LogP contribution >= 0.6 is 0 Å². The lowest BCUT2D eigenvalue weighted by atomic mass is 10.1. The lowest BCUT2D eigenvalue weighted by molar-refractivity contribution is 0.0695. The van der Waals surface area contributed by atoms with Crippen molar-refractivity contribution in [3.05, 3.63) is 39.9 Å². The number of aromatic nitrogens is 1. The van der Waals surface area contributed by atoms with Gasteiger partial charge in [0.2, 0.25) is 5.43 Å². The number of hydrogen-bond acceptors (Lipinski definition) is 6. The number of aromatic carboxylic acids is 1. The van der Waals surface area contributed by atoms with Gasteiger partial charge in [-0.2, -0.15) is 0 Å². The number of nitrogens with one attached hydrogen (secondary N) is 1. The maximum atomic E-state index is 14.5. The van der Waals surface area contributed by atoms with Crippen molar-refractivity contribution >= 4 is 28.8 Å². The second-order valence-electron chi connectivity index (χ2n) is 5.77. The Bertz CT molecular complexity index is 888. The van der Waals surface area contributed by atoms with Gasteiger partial charge < -0.3 is 20.2 Å². The third-order valence-corrected chi connectivity index (χ3v) is 4.31. The molecule has 0 spiro atoms. The molecule has 8 nitrogen and oxygen atoms in total. The number of piperazine rings is 1. The number of oxime groups is 1. The predicted octanol–water partition coefficient (Wildman–Crippen LogP) is 0.947. The molecule has 0 atom stereocenters. The molecular formula is C16H17FN4O4. The molecular weight excluding hydrogens is 331 g/mol. The van der Waals surface area contributed by atoms with Gasteiger partial charge in [-0.05, 0) is 12.1 Å². The zero-order valence-corrected chi connectivity index (χ0v) is 13.3. The summed E-state index contributed by atoms with van der Waals surface area (Å²) in [6, 6.07) is 2.61. The molecule has 1 aromatic heterocycles. The molecule has 25 heavy (non-hydrogen) atoms. The number of nitrogens with zero attached hydrogens (tertiary/aromatic N) is 3. The molecule has 132 valence electrons. The highest BCUT2D eigenvalue weighted by Crippen LogP contribution is 2.25. The molecule has 3 N–H and O–H groups in total. The third kappa shape index (κ3) is 3.31. The second kappa shape index (κ2) is 6.89. The monoisotopic (exact) mass is 348 g/mol. The van der Waals surface area contributed by atoms with E-state index >= 15 is 0 Å². The van der Waals surface area contributed by atoms with Crippen molar-refractivity contribution in [2.75, 3.05) is 37.6 Å². The van der Waals surface area contributed by atoms with Crippen molar-refractivity contribution in [1.29, 1.82) is 0 Å². The van der Waals surface area contributed by atoms with E-state index in [2.05, 4.69) is 15.0 Å². The highest BCUT2D eigenvalue weighted by atomic mass is 19.1. The number of carboxylic acids is 1. The van der Waals surface area contributed by atoms with Gasteiger partial charge in [0.05, 0.1) is 17.4 Å². The maximum absolute atomic E-state index is 14.5. The van der Waals surface area contributed by atoms with Crippen molar-refractivity contribution in [2.45, 2.75) is 0 Å². The van der Waals surface area contributed by atoms with E-state index in [1.807, 2.05) is 4.90 Å². The van der Waals surface area contributed by atoms with Crippen LogP contribution in [0.15, 0.2) is 28.3 Å². The molecule has 9 heteroatoms. The highest BCUT2D eigenvalue weighted by Gasteiger charge is 2.21. The quantitative estimate of drug-likeness (QED) is 0.431. The third-order valence-electron chi connectivity index (χ3n) is 4.31. The van der Waals surface area contributed by atoms with E-state index in [0.29, 0.717) is 43.9 Å². The van der Waals surface area contributed by atoms with Gasteiger partial charge in [0.1, 0.15) is 11.4 Å². The van der Waals surface area contributed by atoms with E-state index in [-0.39, 0.29) is 5.39 Å². The van der Waals surface area contributed by atoms with Crippen LogP contribution in [0.25, 0.3) is 10.9 Å². The SMILES string of the molecule is O=C(O)c1c[nH]c2cc(N3CCN(CC=NO)CC3)c(F)cc2c1=O. The minimum atomic E-state index is -1.35. The highest BCUT2D eigenvalue weighted by molar-refractivity contribution is 5.93. The first kappa shape index (κ1) is 16.9. The summed E-state index contributed by atoms with van der Waals surface area (Å²) < 4.78 is 14.5. The molecule has 2 aromatic rings. The Morgan fingerprint density at radius 1 is 1.32 bits per heavy atom.